The number of nitrogens with zero attached hydrogens (tertiary/aromatic N) is 2. The van der Waals surface area contributed by atoms with Crippen molar-refractivity contribution in [2.75, 3.05) is 16.4 Å². The molecule has 9 heteroatoms. The molecule has 1 spiro atoms. The standard InChI is InChI=1S/C36H35FN2O5Si/c1-23-33(45(2,3)37)32(19-20-40)44-36(23)27-21-25(17-18-28(27)38(35(36)42)22-24-11-5-4-6-12-24)39-29-14-8-10-16-31(29)43-30-15-9-7-13-26(30)34(39)41/h4-18,21,23,32-33,40H,19-20,22H2,1-3H3/t23-,32+,33-,36+/m0/s1. The summed E-state index contributed by atoms with van der Waals surface area (Å²) >= 11 is 0. The zero-order valence-corrected chi connectivity index (χ0v) is 26.4. The SMILES string of the molecule is C[C@H]1[C@H]([Si](C)(C)F)[C@@H](CCO)O[C@]12C(=O)N(Cc1ccccc1)c1ccc(N3C(=O)c4ccccc4Oc4ccccc43)cc12. The molecule has 0 aromatic heterocycles. The largest absolute Gasteiger partial charge is 0.454 e. The second-order valence-electron chi connectivity index (χ2n) is 12.6. The molecule has 7 nitrogen and oxygen atoms in total. The lowest BCUT2D eigenvalue weighted by Crippen LogP contribution is -2.45. The van der Waals surface area contributed by atoms with E-state index in [9.17, 15) is 14.7 Å². The van der Waals surface area contributed by atoms with Gasteiger partial charge in [0, 0.05) is 29.3 Å². The summed E-state index contributed by atoms with van der Waals surface area (Å²) in [6.07, 6.45) is -0.404. The maximum absolute atomic E-state index is 16.1. The molecule has 2 amide bonds. The third kappa shape index (κ3) is 4.60. The number of halogens is 1. The minimum absolute atomic E-state index is 0.179. The lowest BCUT2D eigenvalue weighted by Gasteiger charge is -2.31. The van der Waals surface area contributed by atoms with Gasteiger partial charge in [-0.25, -0.2) is 0 Å². The van der Waals surface area contributed by atoms with Crippen molar-refractivity contribution in [3.63, 3.8) is 0 Å². The molecule has 7 rings (SSSR count). The number of aliphatic hydroxyl groups excluding tert-OH is 1. The van der Waals surface area contributed by atoms with E-state index in [4.69, 9.17) is 9.47 Å². The van der Waals surface area contributed by atoms with Crippen LogP contribution in [0.15, 0.2) is 97.1 Å². The van der Waals surface area contributed by atoms with Crippen molar-refractivity contribution >= 4 is 37.3 Å². The normalized spacial score (nSPS) is 23.9. The second-order valence-corrected chi connectivity index (χ2v) is 16.4. The van der Waals surface area contributed by atoms with Crippen LogP contribution in [0.25, 0.3) is 0 Å². The highest BCUT2D eigenvalue weighted by Crippen LogP contribution is 2.61. The van der Waals surface area contributed by atoms with E-state index in [-0.39, 0.29) is 24.8 Å². The van der Waals surface area contributed by atoms with E-state index >= 15 is 4.11 Å². The fraction of sp³-hybridized carbons (Fsp3) is 0.278. The minimum Gasteiger partial charge on any atom is -0.454 e. The Hall–Kier alpha value is -4.31. The number of fused-ring (bicyclic) bond motifs is 4. The maximum Gasteiger partial charge on any atom is 0.266 e. The fourth-order valence-electron chi connectivity index (χ4n) is 7.56. The third-order valence-corrected chi connectivity index (χ3v) is 11.9. The highest BCUT2D eigenvalue weighted by Gasteiger charge is 2.66. The van der Waals surface area contributed by atoms with Crippen LogP contribution in [0.2, 0.25) is 18.6 Å². The molecule has 3 heterocycles. The van der Waals surface area contributed by atoms with Gasteiger partial charge < -0.3 is 23.6 Å². The number of anilines is 3. The first kappa shape index (κ1) is 29.4. The first-order valence-corrected chi connectivity index (χ1v) is 18.3. The third-order valence-electron chi connectivity index (χ3n) is 9.45. The first-order chi connectivity index (χ1) is 21.6. The molecule has 1 N–H and O–H groups in total. The quantitative estimate of drug-likeness (QED) is 0.178. The number of amides is 2. The summed E-state index contributed by atoms with van der Waals surface area (Å²) in [5.41, 5.74) is 1.70. The molecule has 4 atom stereocenters. The molecule has 4 aromatic carbocycles. The Kier molecular flexibility index (Phi) is 7.15. The minimum atomic E-state index is -3.37. The van der Waals surface area contributed by atoms with E-state index < -0.39 is 31.6 Å². The van der Waals surface area contributed by atoms with Gasteiger partial charge in [-0.15, -0.1) is 0 Å². The van der Waals surface area contributed by atoms with Gasteiger partial charge in [0.05, 0.1) is 29.6 Å². The Morgan fingerprint density at radius 3 is 2.31 bits per heavy atom. The van der Waals surface area contributed by atoms with Crippen LogP contribution >= 0.6 is 0 Å². The molecule has 0 radical (unpaired) electrons. The molecule has 45 heavy (non-hydrogen) atoms. The summed E-state index contributed by atoms with van der Waals surface area (Å²) in [5, 5.41) is 9.94. The van der Waals surface area contributed by atoms with Crippen molar-refractivity contribution in [2.24, 2.45) is 5.92 Å². The molecule has 230 valence electrons. The molecular weight excluding hydrogens is 587 g/mol. The molecule has 3 aliphatic rings. The summed E-state index contributed by atoms with van der Waals surface area (Å²) in [6, 6.07) is 29.7. The van der Waals surface area contributed by atoms with Crippen molar-refractivity contribution in [3.8, 4) is 11.5 Å². The molecule has 0 saturated carbocycles. The average molecular weight is 623 g/mol. The van der Waals surface area contributed by atoms with Crippen LogP contribution in [0.1, 0.15) is 34.8 Å². The summed E-state index contributed by atoms with van der Waals surface area (Å²) in [7, 11) is -3.37. The second kappa shape index (κ2) is 10.9. The number of hydrogen-bond donors (Lipinski definition) is 1. The van der Waals surface area contributed by atoms with Crippen LogP contribution in [0, 0.1) is 5.92 Å². The van der Waals surface area contributed by atoms with Gasteiger partial charge in [-0.3, -0.25) is 14.5 Å². The monoisotopic (exact) mass is 622 g/mol. The van der Waals surface area contributed by atoms with E-state index in [0.717, 1.165) is 5.56 Å². The van der Waals surface area contributed by atoms with Gasteiger partial charge in [0.2, 0.25) is 8.41 Å². The van der Waals surface area contributed by atoms with Gasteiger partial charge in [-0.2, -0.15) is 0 Å². The Bertz CT molecular complexity index is 1790. The summed E-state index contributed by atoms with van der Waals surface area (Å²) in [4.78, 5) is 32.3. The van der Waals surface area contributed by atoms with E-state index in [2.05, 4.69) is 0 Å². The van der Waals surface area contributed by atoms with Gasteiger partial charge in [0.1, 0.15) is 5.75 Å². The molecule has 3 aliphatic heterocycles. The number of hydrogen-bond acceptors (Lipinski definition) is 5. The predicted molar refractivity (Wildman–Crippen MR) is 173 cm³/mol. The summed E-state index contributed by atoms with van der Waals surface area (Å²) in [5.74, 6) is -0.0720. The Labute approximate surface area is 263 Å². The maximum atomic E-state index is 16.1. The van der Waals surface area contributed by atoms with Gasteiger partial charge >= 0.3 is 0 Å². The number of benzene rings is 4. The Morgan fingerprint density at radius 1 is 0.889 bits per heavy atom. The molecule has 0 bridgehead atoms. The van der Waals surface area contributed by atoms with E-state index in [1.54, 1.807) is 41.1 Å². The highest BCUT2D eigenvalue weighted by atomic mass is 28.4. The van der Waals surface area contributed by atoms with Crippen molar-refractivity contribution in [2.45, 2.75) is 50.2 Å². The van der Waals surface area contributed by atoms with Gasteiger partial charge in [-0.1, -0.05) is 61.5 Å². The average Bonchev–Trinajstić information content (AvgIpc) is 3.39. The van der Waals surface area contributed by atoms with E-state index in [0.29, 0.717) is 46.2 Å². The van der Waals surface area contributed by atoms with Gasteiger partial charge in [-0.05, 0) is 67.5 Å². The van der Waals surface area contributed by atoms with E-state index in [1.165, 1.54) is 0 Å². The predicted octanol–water partition coefficient (Wildman–Crippen LogP) is 7.48. The highest BCUT2D eigenvalue weighted by molar-refractivity contribution is 6.72. The molecule has 0 unspecified atom stereocenters. The number of carbonyl (C=O) groups is 2. The number of ether oxygens (including phenoxy) is 2. The van der Waals surface area contributed by atoms with E-state index in [1.807, 2.05) is 85.8 Å². The number of rotatable bonds is 6. The Balaban J connectivity index is 1.42. The zero-order chi connectivity index (χ0) is 31.5. The number of carbonyl (C=O) groups excluding carboxylic acids is 2. The first-order valence-electron chi connectivity index (χ1n) is 15.3. The van der Waals surface area contributed by atoms with Crippen LogP contribution in [0.5, 0.6) is 11.5 Å². The Morgan fingerprint density at radius 2 is 1.58 bits per heavy atom. The number of para-hydroxylation sites is 3. The van der Waals surface area contributed by atoms with Crippen molar-refractivity contribution in [3.05, 3.63) is 114 Å². The van der Waals surface area contributed by atoms with Crippen molar-refractivity contribution < 1.29 is 28.3 Å². The topological polar surface area (TPSA) is 79.3 Å². The van der Waals surface area contributed by atoms with Crippen LogP contribution in [0.4, 0.5) is 21.2 Å². The van der Waals surface area contributed by atoms with Crippen LogP contribution in [-0.2, 0) is 21.7 Å². The van der Waals surface area contributed by atoms with Gasteiger partial charge in [0.25, 0.3) is 11.8 Å². The summed E-state index contributed by atoms with van der Waals surface area (Å²) < 4.78 is 29.0. The van der Waals surface area contributed by atoms with Gasteiger partial charge in [0.15, 0.2) is 11.4 Å². The molecule has 0 aliphatic carbocycles. The summed E-state index contributed by atoms with van der Waals surface area (Å²) in [6.45, 7) is 5.31. The smallest absolute Gasteiger partial charge is 0.266 e. The number of aliphatic hydroxyl groups is 1. The van der Waals surface area contributed by atoms with Crippen molar-refractivity contribution in [1.29, 1.82) is 0 Å². The van der Waals surface area contributed by atoms with Crippen LogP contribution in [0.3, 0.4) is 0 Å². The molecule has 1 fully saturated rings. The van der Waals surface area contributed by atoms with Crippen molar-refractivity contribution in [1.82, 2.24) is 0 Å². The molecule has 1 saturated heterocycles. The molecular formula is C36H35FN2O5Si. The van der Waals surface area contributed by atoms with Crippen LogP contribution in [-0.4, -0.2) is 38.0 Å². The zero-order valence-electron chi connectivity index (χ0n) is 25.4. The lowest BCUT2D eigenvalue weighted by atomic mass is 9.82. The lowest BCUT2D eigenvalue weighted by molar-refractivity contribution is -0.146. The molecule has 4 aromatic rings. The van der Waals surface area contributed by atoms with Crippen LogP contribution < -0.4 is 14.5 Å². The fourth-order valence-corrected chi connectivity index (χ4v) is 10.1.